The van der Waals surface area contributed by atoms with Crippen LogP contribution in [0.4, 0.5) is 0 Å². The number of hydrogen-bond acceptors (Lipinski definition) is 2. The van der Waals surface area contributed by atoms with E-state index in [-0.39, 0.29) is 5.54 Å². The maximum atomic E-state index is 6.14. The second-order valence-corrected chi connectivity index (χ2v) is 6.37. The number of nitrogens with zero attached hydrogens (tertiary/aromatic N) is 1. The molecule has 0 aliphatic heterocycles. The van der Waals surface area contributed by atoms with Crippen LogP contribution in [0.1, 0.15) is 38.2 Å². The van der Waals surface area contributed by atoms with E-state index in [0.29, 0.717) is 5.92 Å². The highest BCUT2D eigenvalue weighted by molar-refractivity contribution is 6.30. The molecule has 1 aliphatic carbocycles. The normalized spacial score (nSPS) is 27.7. The monoisotopic (exact) mass is 280 g/mol. The van der Waals surface area contributed by atoms with Crippen LogP contribution in [0.25, 0.3) is 0 Å². The van der Waals surface area contributed by atoms with Gasteiger partial charge in [-0.15, -0.1) is 0 Å². The van der Waals surface area contributed by atoms with Gasteiger partial charge in [0.25, 0.3) is 0 Å². The first-order valence-corrected chi connectivity index (χ1v) is 7.62. The van der Waals surface area contributed by atoms with Crippen molar-refractivity contribution in [3.63, 3.8) is 0 Å². The summed E-state index contributed by atoms with van der Waals surface area (Å²) in [6.07, 6.45) is 5.15. The summed E-state index contributed by atoms with van der Waals surface area (Å²) in [6.45, 7) is 4.04. The Bertz CT molecular complexity index is 404. The number of likely N-dealkylation sites (N-methyl/N-ethyl adjacent to an activating group) is 1. The fraction of sp³-hybridized carbons (Fsp3) is 0.625. The van der Waals surface area contributed by atoms with Crippen molar-refractivity contribution in [2.45, 2.75) is 44.7 Å². The van der Waals surface area contributed by atoms with E-state index in [4.69, 9.17) is 17.3 Å². The van der Waals surface area contributed by atoms with Gasteiger partial charge in [-0.05, 0) is 43.5 Å². The van der Waals surface area contributed by atoms with Gasteiger partial charge in [-0.3, -0.25) is 4.90 Å². The predicted octanol–water partition coefficient (Wildman–Crippen LogP) is 3.68. The molecule has 2 unspecified atom stereocenters. The van der Waals surface area contributed by atoms with Crippen LogP contribution in [0.5, 0.6) is 0 Å². The Hall–Kier alpha value is -0.570. The molecule has 2 rings (SSSR count). The fourth-order valence-corrected chi connectivity index (χ4v) is 3.57. The molecular formula is C16H25ClN2. The minimum atomic E-state index is 0.165. The molecule has 1 fully saturated rings. The minimum Gasteiger partial charge on any atom is -0.329 e. The Morgan fingerprint density at radius 2 is 2.00 bits per heavy atom. The highest BCUT2D eigenvalue weighted by atomic mass is 35.5. The lowest BCUT2D eigenvalue weighted by molar-refractivity contribution is 0.0279. The molecule has 2 atom stereocenters. The third-order valence-corrected chi connectivity index (χ3v) is 5.11. The van der Waals surface area contributed by atoms with Crippen LogP contribution in [-0.2, 0) is 6.54 Å². The van der Waals surface area contributed by atoms with Gasteiger partial charge in [0.05, 0.1) is 0 Å². The average Bonchev–Trinajstić information content (AvgIpc) is 2.42. The van der Waals surface area contributed by atoms with Crippen LogP contribution >= 0.6 is 11.6 Å². The first-order valence-electron chi connectivity index (χ1n) is 7.24. The van der Waals surface area contributed by atoms with E-state index in [1.54, 1.807) is 0 Å². The van der Waals surface area contributed by atoms with Crippen LogP contribution in [0.15, 0.2) is 24.3 Å². The van der Waals surface area contributed by atoms with E-state index in [1.807, 2.05) is 12.1 Å². The minimum absolute atomic E-state index is 0.165. The smallest absolute Gasteiger partial charge is 0.0406 e. The van der Waals surface area contributed by atoms with Crippen molar-refractivity contribution in [3.05, 3.63) is 34.9 Å². The lowest BCUT2D eigenvalue weighted by atomic mass is 9.72. The Morgan fingerprint density at radius 1 is 1.32 bits per heavy atom. The molecule has 1 aliphatic rings. The van der Waals surface area contributed by atoms with E-state index >= 15 is 0 Å². The maximum Gasteiger partial charge on any atom is 0.0406 e. The Morgan fingerprint density at radius 3 is 2.58 bits per heavy atom. The summed E-state index contributed by atoms with van der Waals surface area (Å²) in [7, 11) is 2.21. The summed E-state index contributed by atoms with van der Waals surface area (Å²) in [5, 5.41) is 0.797. The van der Waals surface area contributed by atoms with Crippen LogP contribution in [0.3, 0.4) is 0 Å². The molecule has 1 aromatic carbocycles. The first-order chi connectivity index (χ1) is 9.08. The zero-order chi connectivity index (χ0) is 13.9. The van der Waals surface area contributed by atoms with Crippen molar-refractivity contribution >= 4 is 11.6 Å². The van der Waals surface area contributed by atoms with Crippen molar-refractivity contribution in [2.75, 3.05) is 13.6 Å². The van der Waals surface area contributed by atoms with Crippen LogP contribution < -0.4 is 5.73 Å². The van der Waals surface area contributed by atoms with Gasteiger partial charge in [-0.25, -0.2) is 0 Å². The molecule has 1 aromatic rings. The van der Waals surface area contributed by atoms with Crippen molar-refractivity contribution in [3.8, 4) is 0 Å². The molecule has 1 saturated carbocycles. The second-order valence-electron chi connectivity index (χ2n) is 5.94. The van der Waals surface area contributed by atoms with Gasteiger partial charge < -0.3 is 5.73 Å². The van der Waals surface area contributed by atoms with Crippen LogP contribution in [-0.4, -0.2) is 24.0 Å². The molecule has 0 heterocycles. The summed E-state index contributed by atoms with van der Waals surface area (Å²) in [5.74, 6) is 0.670. The van der Waals surface area contributed by atoms with Crippen molar-refractivity contribution in [1.29, 1.82) is 0 Å². The van der Waals surface area contributed by atoms with Gasteiger partial charge in [0.2, 0.25) is 0 Å². The summed E-state index contributed by atoms with van der Waals surface area (Å²) >= 11 is 5.94. The first kappa shape index (κ1) is 14.8. The molecule has 2 N–H and O–H groups in total. The zero-order valence-corrected chi connectivity index (χ0v) is 12.8. The third-order valence-electron chi connectivity index (χ3n) is 4.86. The largest absolute Gasteiger partial charge is 0.329 e. The topological polar surface area (TPSA) is 29.3 Å². The predicted molar refractivity (Wildman–Crippen MR) is 82.3 cm³/mol. The van der Waals surface area contributed by atoms with E-state index in [9.17, 15) is 0 Å². The quantitative estimate of drug-likeness (QED) is 0.912. The van der Waals surface area contributed by atoms with Crippen LogP contribution in [0, 0.1) is 5.92 Å². The Labute approximate surface area is 121 Å². The van der Waals surface area contributed by atoms with E-state index < -0.39 is 0 Å². The van der Waals surface area contributed by atoms with Crippen LogP contribution in [0.2, 0.25) is 5.02 Å². The standard InChI is InChI=1S/C16H25ClN2/c1-13-5-3-4-10-16(13,12-18)19(2)11-14-6-8-15(17)9-7-14/h6-9,13H,3-5,10-12,18H2,1-2H3. The second kappa shape index (κ2) is 6.25. The maximum absolute atomic E-state index is 6.14. The Kier molecular flexibility index (Phi) is 4.88. The number of hydrogen-bond donors (Lipinski definition) is 1. The summed E-state index contributed by atoms with van der Waals surface area (Å²) in [6, 6.07) is 8.14. The summed E-state index contributed by atoms with van der Waals surface area (Å²) in [5.41, 5.74) is 7.61. The fourth-order valence-electron chi connectivity index (χ4n) is 3.44. The molecule has 0 saturated heterocycles. The van der Waals surface area contributed by atoms with E-state index in [2.05, 4.69) is 31.0 Å². The van der Waals surface area contributed by atoms with Gasteiger partial charge in [0, 0.05) is 23.7 Å². The summed E-state index contributed by atoms with van der Waals surface area (Å²) in [4.78, 5) is 2.46. The molecule has 0 amide bonds. The number of halogens is 1. The number of nitrogens with two attached hydrogens (primary N) is 1. The lowest BCUT2D eigenvalue weighted by Crippen LogP contribution is -2.57. The molecule has 2 nitrogen and oxygen atoms in total. The third kappa shape index (κ3) is 3.13. The van der Waals surface area contributed by atoms with Gasteiger partial charge in [-0.1, -0.05) is 43.5 Å². The Balaban J connectivity index is 2.12. The summed E-state index contributed by atoms with van der Waals surface area (Å²) < 4.78 is 0. The molecule has 0 bridgehead atoms. The molecule has 19 heavy (non-hydrogen) atoms. The molecule has 0 spiro atoms. The highest BCUT2D eigenvalue weighted by Crippen LogP contribution is 2.37. The van der Waals surface area contributed by atoms with Gasteiger partial charge >= 0.3 is 0 Å². The molecule has 3 heteroatoms. The zero-order valence-electron chi connectivity index (χ0n) is 12.0. The average molecular weight is 281 g/mol. The molecular weight excluding hydrogens is 256 g/mol. The van der Waals surface area contributed by atoms with Crippen molar-refractivity contribution < 1.29 is 0 Å². The van der Waals surface area contributed by atoms with Gasteiger partial charge in [0.15, 0.2) is 0 Å². The SMILES string of the molecule is CC1CCCCC1(CN)N(C)Cc1ccc(Cl)cc1. The van der Waals surface area contributed by atoms with Gasteiger partial charge in [-0.2, -0.15) is 0 Å². The van der Waals surface area contributed by atoms with E-state index in [0.717, 1.165) is 18.1 Å². The van der Waals surface area contributed by atoms with Crippen molar-refractivity contribution in [1.82, 2.24) is 4.90 Å². The number of rotatable bonds is 4. The lowest BCUT2D eigenvalue weighted by Gasteiger charge is -2.48. The molecule has 0 aromatic heterocycles. The van der Waals surface area contributed by atoms with Gasteiger partial charge in [0.1, 0.15) is 0 Å². The molecule has 106 valence electrons. The van der Waals surface area contributed by atoms with Crippen molar-refractivity contribution in [2.24, 2.45) is 11.7 Å². The number of benzene rings is 1. The highest BCUT2D eigenvalue weighted by Gasteiger charge is 2.40. The van der Waals surface area contributed by atoms with E-state index in [1.165, 1.54) is 31.2 Å². The molecule has 0 radical (unpaired) electrons.